The lowest BCUT2D eigenvalue weighted by molar-refractivity contribution is -0.118. The topological polar surface area (TPSA) is 87.5 Å². The number of rotatable bonds is 8. The first-order valence-corrected chi connectivity index (χ1v) is 9.18. The molecule has 1 atom stereocenters. The van der Waals surface area contributed by atoms with Gasteiger partial charge in [-0.05, 0) is 42.7 Å². The van der Waals surface area contributed by atoms with E-state index in [1.807, 2.05) is 31.3 Å². The molecule has 1 unspecified atom stereocenters. The number of aromatic nitrogens is 1. The Labute approximate surface area is 151 Å². The minimum absolute atomic E-state index is 0.180. The summed E-state index contributed by atoms with van der Waals surface area (Å²) in [6.45, 7) is 0. The van der Waals surface area contributed by atoms with Crippen LogP contribution in [0.25, 0.3) is 0 Å². The molecule has 0 saturated carbocycles. The molecule has 2 aromatic heterocycles. The van der Waals surface area contributed by atoms with Crippen molar-refractivity contribution < 1.29 is 14.0 Å². The Morgan fingerprint density at radius 2 is 2.12 bits per heavy atom. The fraction of sp³-hybridized carbons (Fsp3) is 0.353. The van der Waals surface area contributed by atoms with Crippen molar-refractivity contribution in [2.45, 2.75) is 12.5 Å². The van der Waals surface area contributed by atoms with Crippen molar-refractivity contribution in [2.75, 3.05) is 36.3 Å². The van der Waals surface area contributed by atoms with E-state index in [1.165, 1.54) is 6.26 Å². The van der Waals surface area contributed by atoms with Crippen LogP contribution in [0.4, 0.5) is 11.5 Å². The molecule has 0 aromatic carbocycles. The lowest BCUT2D eigenvalue weighted by Crippen LogP contribution is -2.44. The standard InChI is InChI=1S/C17H22N4O3S/c1-21(2)15-7-6-12(11-18-15)19-16(22)13(8-10-25-3)20-17(23)14-5-4-9-24-14/h4-7,9,11,13H,8,10H2,1-3H3,(H,19,22)(H,20,23). The number of nitrogens with one attached hydrogen (secondary N) is 2. The number of thioether (sulfide) groups is 1. The zero-order chi connectivity index (χ0) is 18.2. The molecule has 25 heavy (non-hydrogen) atoms. The number of hydrogen-bond acceptors (Lipinski definition) is 6. The van der Waals surface area contributed by atoms with Crippen LogP contribution in [0.2, 0.25) is 0 Å². The largest absolute Gasteiger partial charge is 0.459 e. The van der Waals surface area contributed by atoms with Gasteiger partial charge < -0.3 is 20.0 Å². The summed E-state index contributed by atoms with van der Waals surface area (Å²) in [6.07, 6.45) is 5.48. The minimum Gasteiger partial charge on any atom is -0.459 e. The van der Waals surface area contributed by atoms with Crippen molar-refractivity contribution in [2.24, 2.45) is 0 Å². The van der Waals surface area contributed by atoms with Gasteiger partial charge in [0.25, 0.3) is 5.91 Å². The first-order chi connectivity index (χ1) is 12.0. The summed E-state index contributed by atoms with van der Waals surface area (Å²) in [7, 11) is 3.78. The maximum absolute atomic E-state index is 12.5. The summed E-state index contributed by atoms with van der Waals surface area (Å²) >= 11 is 1.61. The summed E-state index contributed by atoms with van der Waals surface area (Å²) in [6, 6.07) is 6.12. The molecule has 0 radical (unpaired) electrons. The number of carbonyl (C=O) groups excluding carboxylic acids is 2. The van der Waals surface area contributed by atoms with Gasteiger partial charge in [-0.15, -0.1) is 0 Å². The molecule has 0 bridgehead atoms. The number of amides is 2. The summed E-state index contributed by atoms with van der Waals surface area (Å²) in [4.78, 5) is 30.8. The Morgan fingerprint density at radius 3 is 2.68 bits per heavy atom. The predicted octanol–water partition coefficient (Wildman–Crippen LogP) is 2.23. The summed E-state index contributed by atoms with van der Waals surface area (Å²) in [5.74, 6) is 1.02. The van der Waals surface area contributed by atoms with Crippen LogP contribution >= 0.6 is 11.8 Å². The number of furan rings is 1. The predicted molar refractivity (Wildman–Crippen MR) is 100 cm³/mol. The van der Waals surface area contributed by atoms with Crippen molar-refractivity contribution in [1.29, 1.82) is 0 Å². The Kier molecular flexibility index (Phi) is 6.88. The third kappa shape index (κ3) is 5.53. The smallest absolute Gasteiger partial charge is 0.287 e. The number of hydrogen-bond donors (Lipinski definition) is 2. The van der Waals surface area contributed by atoms with E-state index >= 15 is 0 Å². The first-order valence-electron chi connectivity index (χ1n) is 7.79. The normalized spacial score (nSPS) is 11.6. The molecule has 0 aliphatic rings. The van der Waals surface area contributed by atoms with Crippen LogP contribution in [0.15, 0.2) is 41.1 Å². The molecule has 0 spiro atoms. The highest BCUT2D eigenvalue weighted by Crippen LogP contribution is 2.13. The van der Waals surface area contributed by atoms with E-state index in [2.05, 4.69) is 15.6 Å². The van der Waals surface area contributed by atoms with E-state index in [-0.39, 0.29) is 11.7 Å². The highest BCUT2D eigenvalue weighted by Gasteiger charge is 2.22. The number of carbonyl (C=O) groups is 2. The van der Waals surface area contributed by atoms with Gasteiger partial charge in [0.2, 0.25) is 5.91 Å². The van der Waals surface area contributed by atoms with Gasteiger partial charge in [0, 0.05) is 14.1 Å². The van der Waals surface area contributed by atoms with E-state index in [1.54, 1.807) is 36.2 Å². The van der Waals surface area contributed by atoms with Gasteiger partial charge >= 0.3 is 0 Å². The van der Waals surface area contributed by atoms with Crippen molar-refractivity contribution in [3.63, 3.8) is 0 Å². The molecule has 2 amide bonds. The average Bonchev–Trinajstić information content (AvgIpc) is 3.13. The Bertz CT molecular complexity index is 686. The number of anilines is 2. The fourth-order valence-corrected chi connectivity index (χ4v) is 2.57. The van der Waals surface area contributed by atoms with Gasteiger partial charge in [0.15, 0.2) is 5.76 Å². The molecule has 0 aliphatic carbocycles. The summed E-state index contributed by atoms with van der Waals surface area (Å²) in [5, 5.41) is 5.51. The Morgan fingerprint density at radius 1 is 1.32 bits per heavy atom. The van der Waals surface area contributed by atoms with Gasteiger partial charge in [-0.3, -0.25) is 9.59 Å². The van der Waals surface area contributed by atoms with Gasteiger partial charge in [-0.1, -0.05) is 0 Å². The van der Waals surface area contributed by atoms with Crippen molar-refractivity contribution >= 4 is 35.1 Å². The van der Waals surface area contributed by atoms with Crippen LogP contribution in [0.3, 0.4) is 0 Å². The Balaban J connectivity index is 2.02. The molecule has 0 saturated heterocycles. The molecule has 2 N–H and O–H groups in total. The summed E-state index contributed by atoms with van der Waals surface area (Å²) < 4.78 is 5.07. The van der Waals surface area contributed by atoms with Crippen LogP contribution in [0.1, 0.15) is 17.0 Å². The van der Waals surface area contributed by atoms with Gasteiger partial charge in [0.05, 0.1) is 18.1 Å². The minimum atomic E-state index is -0.654. The number of pyridine rings is 1. The van der Waals surface area contributed by atoms with E-state index in [0.29, 0.717) is 12.1 Å². The monoisotopic (exact) mass is 362 g/mol. The summed E-state index contributed by atoms with van der Waals surface area (Å²) in [5.41, 5.74) is 0.581. The maximum atomic E-state index is 12.5. The Hall–Kier alpha value is -2.48. The average molecular weight is 362 g/mol. The third-order valence-corrected chi connectivity index (χ3v) is 4.09. The molecule has 0 aliphatic heterocycles. The van der Waals surface area contributed by atoms with Crippen LogP contribution in [0, 0.1) is 0 Å². The first kappa shape index (κ1) is 18.9. The molecule has 7 nitrogen and oxygen atoms in total. The molecular weight excluding hydrogens is 340 g/mol. The second kappa shape index (κ2) is 9.12. The van der Waals surface area contributed by atoms with Gasteiger partial charge in [0.1, 0.15) is 11.9 Å². The zero-order valence-electron chi connectivity index (χ0n) is 14.5. The van der Waals surface area contributed by atoms with E-state index < -0.39 is 11.9 Å². The van der Waals surface area contributed by atoms with Crippen LogP contribution < -0.4 is 15.5 Å². The van der Waals surface area contributed by atoms with E-state index in [0.717, 1.165) is 11.6 Å². The van der Waals surface area contributed by atoms with Gasteiger partial charge in [-0.2, -0.15) is 11.8 Å². The molecule has 2 aromatic rings. The van der Waals surface area contributed by atoms with Crippen LogP contribution in [-0.4, -0.2) is 48.9 Å². The quantitative estimate of drug-likeness (QED) is 0.749. The van der Waals surface area contributed by atoms with Gasteiger partial charge in [-0.25, -0.2) is 4.98 Å². The second-order valence-electron chi connectivity index (χ2n) is 5.57. The zero-order valence-corrected chi connectivity index (χ0v) is 15.3. The second-order valence-corrected chi connectivity index (χ2v) is 6.56. The molecular formula is C17H22N4O3S. The molecule has 2 heterocycles. The van der Waals surface area contributed by atoms with Crippen molar-refractivity contribution in [3.8, 4) is 0 Å². The highest BCUT2D eigenvalue weighted by atomic mass is 32.2. The molecule has 2 rings (SSSR count). The SMILES string of the molecule is CSCCC(NC(=O)c1ccco1)C(=O)Nc1ccc(N(C)C)nc1. The number of nitrogens with zero attached hydrogens (tertiary/aromatic N) is 2. The molecule has 8 heteroatoms. The van der Waals surface area contributed by atoms with E-state index in [9.17, 15) is 9.59 Å². The lowest BCUT2D eigenvalue weighted by atomic mass is 10.2. The third-order valence-electron chi connectivity index (χ3n) is 3.45. The van der Waals surface area contributed by atoms with Crippen molar-refractivity contribution in [1.82, 2.24) is 10.3 Å². The fourth-order valence-electron chi connectivity index (χ4n) is 2.10. The van der Waals surface area contributed by atoms with Crippen LogP contribution in [0.5, 0.6) is 0 Å². The highest BCUT2D eigenvalue weighted by molar-refractivity contribution is 7.98. The molecule has 0 fully saturated rings. The maximum Gasteiger partial charge on any atom is 0.287 e. The van der Waals surface area contributed by atoms with E-state index in [4.69, 9.17) is 4.42 Å². The lowest BCUT2D eigenvalue weighted by Gasteiger charge is -2.18. The van der Waals surface area contributed by atoms with Crippen molar-refractivity contribution in [3.05, 3.63) is 42.5 Å². The molecule has 134 valence electrons. The van der Waals surface area contributed by atoms with Crippen LogP contribution in [-0.2, 0) is 4.79 Å².